The molecule has 2 fully saturated rings. The van der Waals surface area contributed by atoms with Gasteiger partial charge in [-0.3, -0.25) is 9.59 Å². The lowest BCUT2D eigenvalue weighted by atomic mass is 9.77. The fraction of sp³-hybridized carbons (Fsp3) is 0.385. The van der Waals surface area contributed by atoms with Crippen LogP contribution in [-0.2, 0) is 27.3 Å². The van der Waals surface area contributed by atoms with E-state index in [1.54, 1.807) is 12.0 Å². The molecular weight excluding hydrogens is 436 g/mol. The number of nitrogens with one attached hydrogen (secondary N) is 1. The van der Waals surface area contributed by atoms with Gasteiger partial charge in [-0.2, -0.15) is 0 Å². The lowest BCUT2D eigenvalue weighted by molar-refractivity contribution is -0.137. The third-order valence-electron chi connectivity index (χ3n) is 7.16. The van der Waals surface area contributed by atoms with E-state index in [1.807, 2.05) is 54.6 Å². The second-order valence-electron chi connectivity index (χ2n) is 9.17. The second kappa shape index (κ2) is 8.06. The Morgan fingerprint density at radius 2 is 1.94 bits per heavy atom. The first-order valence-corrected chi connectivity index (χ1v) is 11.5. The maximum absolute atomic E-state index is 13.4. The van der Waals surface area contributed by atoms with Crippen LogP contribution in [-0.4, -0.2) is 55.4 Å². The number of hydrogen-bond acceptors (Lipinski definition) is 6. The van der Waals surface area contributed by atoms with Gasteiger partial charge in [0, 0.05) is 13.1 Å². The van der Waals surface area contributed by atoms with Crippen molar-refractivity contribution in [1.82, 2.24) is 10.2 Å². The summed E-state index contributed by atoms with van der Waals surface area (Å²) in [5.74, 6) is 1.01. The molecule has 0 radical (unpaired) electrons. The van der Waals surface area contributed by atoms with E-state index >= 15 is 0 Å². The van der Waals surface area contributed by atoms with E-state index in [0.717, 1.165) is 16.9 Å². The molecule has 2 aromatic rings. The van der Waals surface area contributed by atoms with Gasteiger partial charge >= 0.3 is 0 Å². The molecule has 4 aliphatic rings. The standard InChI is InChI=1S/C26H26N2O6/c1-31-18-5-2-16(3-6-18)9-11-27-24(29)22-20-8-10-26(34-20)14-28(25(30)23(22)26)13-17-4-7-19-21(12-17)33-15-32-19/h2-8,10,12,20,22-23H,9,11,13-15H2,1H3,(H,27,29)/t20-,22-,23-,26-/m0/s1. The van der Waals surface area contributed by atoms with Gasteiger partial charge in [0.2, 0.25) is 18.6 Å². The van der Waals surface area contributed by atoms with Gasteiger partial charge in [0.05, 0.1) is 31.6 Å². The fourth-order valence-electron chi connectivity index (χ4n) is 5.51. The van der Waals surface area contributed by atoms with Gasteiger partial charge in [0.25, 0.3) is 0 Å². The van der Waals surface area contributed by atoms with Gasteiger partial charge in [0.1, 0.15) is 11.4 Å². The monoisotopic (exact) mass is 462 g/mol. The van der Waals surface area contributed by atoms with Crippen molar-refractivity contribution in [2.24, 2.45) is 11.8 Å². The minimum Gasteiger partial charge on any atom is -0.497 e. The number of carbonyl (C=O) groups is 2. The topological polar surface area (TPSA) is 86.3 Å². The van der Waals surface area contributed by atoms with Gasteiger partial charge in [0.15, 0.2) is 11.5 Å². The van der Waals surface area contributed by atoms with Crippen molar-refractivity contribution in [3.8, 4) is 17.2 Å². The van der Waals surface area contributed by atoms with E-state index in [-0.39, 0.29) is 24.7 Å². The summed E-state index contributed by atoms with van der Waals surface area (Å²) in [6.45, 7) is 1.57. The highest BCUT2D eigenvalue weighted by Gasteiger charge is 2.66. The highest BCUT2D eigenvalue weighted by molar-refractivity contribution is 5.93. The molecule has 1 N–H and O–H groups in total. The van der Waals surface area contributed by atoms with Crippen molar-refractivity contribution in [3.05, 3.63) is 65.7 Å². The first-order valence-electron chi connectivity index (χ1n) is 11.5. The molecule has 4 aliphatic heterocycles. The van der Waals surface area contributed by atoms with E-state index in [2.05, 4.69) is 5.32 Å². The van der Waals surface area contributed by atoms with E-state index in [0.29, 0.717) is 37.6 Å². The van der Waals surface area contributed by atoms with Crippen LogP contribution in [0.25, 0.3) is 0 Å². The first-order chi connectivity index (χ1) is 16.6. The molecule has 34 heavy (non-hydrogen) atoms. The van der Waals surface area contributed by atoms with Crippen molar-refractivity contribution >= 4 is 11.8 Å². The van der Waals surface area contributed by atoms with Crippen molar-refractivity contribution in [1.29, 1.82) is 0 Å². The van der Waals surface area contributed by atoms with Gasteiger partial charge < -0.3 is 29.2 Å². The van der Waals surface area contributed by atoms with Crippen LogP contribution in [0.2, 0.25) is 0 Å². The predicted octanol–water partition coefficient (Wildman–Crippen LogP) is 2.06. The Balaban J connectivity index is 1.12. The molecule has 176 valence electrons. The zero-order chi connectivity index (χ0) is 23.3. The Morgan fingerprint density at radius 1 is 1.15 bits per heavy atom. The summed E-state index contributed by atoms with van der Waals surface area (Å²) in [7, 11) is 1.63. The molecule has 2 saturated heterocycles. The molecule has 6 rings (SSSR count). The Labute approximate surface area is 197 Å². The maximum Gasteiger partial charge on any atom is 0.231 e. The van der Waals surface area contributed by atoms with Crippen LogP contribution < -0.4 is 19.5 Å². The number of rotatable bonds is 7. The lowest BCUT2D eigenvalue weighted by Crippen LogP contribution is -2.44. The normalized spacial score (nSPS) is 27.9. The SMILES string of the molecule is COc1ccc(CCNC(=O)[C@H]2[C@@H]3C=C[C@@]4(CN(Cc5ccc6c(c5)OCO6)C(=O)[C@H]24)O3)cc1. The molecule has 0 unspecified atom stereocenters. The number of amides is 2. The van der Waals surface area contributed by atoms with Crippen LogP contribution in [0, 0.1) is 11.8 Å². The van der Waals surface area contributed by atoms with Crippen LogP contribution in [0.4, 0.5) is 0 Å². The quantitative estimate of drug-likeness (QED) is 0.634. The minimum absolute atomic E-state index is 0.0418. The minimum atomic E-state index is -0.726. The van der Waals surface area contributed by atoms with Gasteiger partial charge in [-0.1, -0.05) is 30.4 Å². The van der Waals surface area contributed by atoms with Crippen LogP contribution >= 0.6 is 0 Å². The summed E-state index contributed by atoms with van der Waals surface area (Å²) in [6, 6.07) is 13.5. The number of hydrogen-bond donors (Lipinski definition) is 1. The predicted molar refractivity (Wildman–Crippen MR) is 121 cm³/mol. The van der Waals surface area contributed by atoms with Crippen LogP contribution in [0.5, 0.6) is 17.2 Å². The largest absolute Gasteiger partial charge is 0.497 e. The first kappa shape index (κ1) is 21.0. The summed E-state index contributed by atoms with van der Waals surface area (Å²) in [5.41, 5.74) is 1.33. The molecule has 1 spiro atoms. The summed E-state index contributed by atoms with van der Waals surface area (Å²) in [6.07, 6.45) is 4.24. The molecule has 0 aromatic heterocycles. The maximum atomic E-state index is 13.4. The average molecular weight is 463 g/mol. The molecular formula is C26H26N2O6. The second-order valence-corrected chi connectivity index (χ2v) is 9.17. The zero-order valence-corrected chi connectivity index (χ0v) is 18.9. The Morgan fingerprint density at radius 3 is 2.76 bits per heavy atom. The lowest BCUT2D eigenvalue weighted by Gasteiger charge is -2.23. The summed E-state index contributed by atoms with van der Waals surface area (Å²) in [5, 5.41) is 3.02. The summed E-state index contributed by atoms with van der Waals surface area (Å²) < 4.78 is 22.2. The van der Waals surface area contributed by atoms with E-state index in [4.69, 9.17) is 18.9 Å². The third kappa shape index (κ3) is 3.40. The van der Waals surface area contributed by atoms with Crippen LogP contribution in [0.15, 0.2) is 54.6 Å². The van der Waals surface area contributed by atoms with Gasteiger partial charge in [-0.25, -0.2) is 0 Å². The van der Waals surface area contributed by atoms with Crippen LogP contribution in [0.1, 0.15) is 11.1 Å². The smallest absolute Gasteiger partial charge is 0.231 e. The molecule has 8 nitrogen and oxygen atoms in total. The molecule has 0 aliphatic carbocycles. The zero-order valence-electron chi connectivity index (χ0n) is 18.9. The van der Waals surface area contributed by atoms with Crippen LogP contribution in [0.3, 0.4) is 0 Å². The van der Waals surface area contributed by atoms with Crippen molar-refractivity contribution in [2.45, 2.75) is 24.7 Å². The molecule has 2 amide bonds. The molecule has 0 saturated carbocycles. The highest BCUT2D eigenvalue weighted by atomic mass is 16.7. The van der Waals surface area contributed by atoms with Crippen molar-refractivity contribution in [3.63, 3.8) is 0 Å². The van der Waals surface area contributed by atoms with E-state index in [9.17, 15) is 9.59 Å². The molecule has 2 bridgehead atoms. The van der Waals surface area contributed by atoms with E-state index in [1.165, 1.54) is 0 Å². The Kier molecular flexibility index (Phi) is 4.99. The van der Waals surface area contributed by atoms with Crippen molar-refractivity contribution in [2.75, 3.05) is 27.0 Å². The molecule has 8 heteroatoms. The number of likely N-dealkylation sites (tertiary alicyclic amines) is 1. The molecule has 4 atom stereocenters. The summed E-state index contributed by atoms with van der Waals surface area (Å²) >= 11 is 0. The number of benzene rings is 2. The highest BCUT2D eigenvalue weighted by Crippen LogP contribution is 2.52. The average Bonchev–Trinajstić information content (AvgIpc) is 3.61. The number of methoxy groups -OCH3 is 1. The van der Waals surface area contributed by atoms with Gasteiger partial charge in [-0.15, -0.1) is 0 Å². The fourth-order valence-corrected chi connectivity index (χ4v) is 5.51. The third-order valence-corrected chi connectivity index (χ3v) is 7.16. The Hall–Kier alpha value is -3.52. The number of carbonyl (C=O) groups excluding carboxylic acids is 2. The molecule has 2 aromatic carbocycles. The number of nitrogens with zero attached hydrogens (tertiary/aromatic N) is 1. The van der Waals surface area contributed by atoms with E-state index < -0.39 is 17.4 Å². The number of ether oxygens (including phenoxy) is 4. The molecule has 4 heterocycles. The number of fused-ring (bicyclic) bond motifs is 2. The summed E-state index contributed by atoms with van der Waals surface area (Å²) in [4.78, 5) is 28.4. The van der Waals surface area contributed by atoms with Gasteiger partial charge in [-0.05, 0) is 41.8 Å². The Bertz CT molecular complexity index is 1160. The van der Waals surface area contributed by atoms with Crippen molar-refractivity contribution < 1.29 is 28.5 Å².